The second-order valence-corrected chi connectivity index (χ2v) is 4.66. The topological polar surface area (TPSA) is 52.6 Å². The first kappa shape index (κ1) is 15.6. The predicted octanol–water partition coefficient (Wildman–Crippen LogP) is 1.86. The Balaban J connectivity index is 2.42. The van der Waals surface area contributed by atoms with Crippen LogP contribution in [0.3, 0.4) is 0 Å². The van der Waals surface area contributed by atoms with Crippen molar-refractivity contribution in [2.45, 2.75) is 26.3 Å². The molecule has 106 valence electrons. The van der Waals surface area contributed by atoms with Crippen LogP contribution in [0.2, 0.25) is 0 Å². The van der Waals surface area contributed by atoms with Gasteiger partial charge in [-0.1, -0.05) is 6.07 Å². The molecular weight excluding hydrogens is 247 g/mol. The molecule has 0 fully saturated rings. The molecule has 1 aromatic rings. The lowest BCUT2D eigenvalue weighted by Crippen LogP contribution is -2.35. The zero-order chi connectivity index (χ0) is 14.3. The van der Waals surface area contributed by atoms with E-state index in [9.17, 15) is 9.18 Å². The van der Waals surface area contributed by atoms with Crippen LogP contribution in [0.1, 0.15) is 20.3 Å². The van der Waals surface area contributed by atoms with Crippen LogP contribution in [0.15, 0.2) is 24.3 Å². The fraction of sp³-hybridized carbons (Fsp3) is 0.500. The third-order valence-corrected chi connectivity index (χ3v) is 2.85. The van der Waals surface area contributed by atoms with Crippen LogP contribution in [0.25, 0.3) is 0 Å². The number of rotatable bonds is 7. The number of anilines is 1. The third-order valence-electron chi connectivity index (χ3n) is 2.85. The maximum absolute atomic E-state index is 13.0. The number of carbonyl (C=O) groups excluding carboxylic acids is 1. The van der Waals surface area contributed by atoms with Crippen LogP contribution in [0, 0.1) is 5.82 Å². The van der Waals surface area contributed by atoms with Crippen molar-refractivity contribution >= 4 is 11.6 Å². The summed E-state index contributed by atoms with van der Waals surface area (Å²) in [6.07, 6.45) is 0.314. The summed E-state index contributed by atoms with van der Waals surface area (Å²) in [5, 5.41) is 11.6. The summed E-state index contributed by atoms with van der Waals surface area (Å²) in [7, 11) is 0. The molecule has 0 heterocycles. The Labute approximate surface area is 113 Å². The fourth-order valence-electron chi connectivity index (χ4n) is 1.79. The summed E-state index contributed by atoms with van der Waals surface area (Å²) in [5.74, 6) is -0.531. The number of nitrogens with zero attached hydrogens (tertiary/aromatic N) is 1. The third kappa shape index (κ3) is 5.81. The van der Waals surface area contributed by atoms with E-state index in [-0.39, 0.29) is 24.4 Å². The molecule has 0 aliphatic heterocycles. The van der Waals surface area contributed by atoms with Crippen molar-refractivity contribution in [2.75, 3.05) is 25.0 Å². The van der Waals surface area contributed by atoms with E-state index < -0.39 is 0 Å². The Morgan fingerprint density at radius 1 is 1.42 bits per heavy atom. The number of amides is 1. The lowest BCUT2D eigenvalue weighted by atomic mass is 10.2. The summed E-state index contributed by atoms with van der Waals surface area (Å²) >= 11 is 0. The maximum atomic E-state index is 13.0. The molecule has 0 spiro atoms. The van der Waals surface area contributed by atoms with Crippen molar-refractivity contribution in [3.8, 4) is 0 Å². The highest BCUT2D eigenvalue weighted by molar-refractivity contribution is 5.90. The molecule has 0 saturated heterocycles. The van der Waals surface area contributed by atoms with Gasteiger partial charge >= 0.3 is 0 Å². The number of halogens is 1. The number of hydrogen-bond donors (Lipinski definition) is 2. The maximum Gasteiger partial charge on any atom is 0.225 e. The van der Waals surface area contributed by atoms with Gasteiger partial charge in [0.05, 0.1) is 6.61 Å². The van der Waals surface area contributed by atoms with Crippen molar-refractivity contribution in [3.05, 3.63) is 30.1 Å². The Morgan fingerprint density at radius 3 is 2.74 bits per heavy atom. The Kier molecular flexibility index (Phi) is 6.45. The van der Waals surface area contributed by atoms with Gasteiger partial charge in [-0.3, -0.25) is 9.69 Å². The normalized spacial score (nSPS) is 11.1. The first-order valence-electron chi connectivity index (χ1n) is 6.43. The quantitative estimate of drug-likeness (QED) is 0.793. The minimum Gasteiger partial charge on any atom is -0.395 e. The second-order valence-electron chi connectivity index (χ2n) is 4.66. The average molecular weight is 268 g/mol. The first-order valence-corrected chi connectivity index (χ1v) is 6.43. The summed E-state index contributed by atoms with van der Waals surface area (Å²) in [5.41, 5.74) is 0.461. The Bertz CT molecular complexity index is 410. The largest absolute Gasteiger partial charge is 0.395 e. The van der Waals surface area contributed by atoms with E-state index in [4.69, 9.17) is 5.11 Å². The second kappa shape index (κ2) is 7.86. The molecule has 5 heteroatoms. The highest BCUT2D eigenvalue weighted by Crippen LogP contribution is 2.09. The van der Waals surface area contributed by atoms with Crippen LogP contribution in [-0.4, -0.2) is 41.7 Å². The number of benzene rings is 1. The smallest absolute Gasteiger partial charge is 0.225 e. The van der Waals surface area contributed by atoms with Gasteiger partial charge in [0.25, 0.3) is 0 Å². The van der Waals surface area contributed by atoms with Gasteiger partial charge in [-0.15, -0.1) is 0 Å². The van der Waals surface area contributed by atoms with Crippen LogP contribution in [0.4, 0.5) is 10.1 Å². The van der Waals surface area contributed by atoms with E-state index in [0.29, 0.717) is 25.2 Å². The lowest BCUT2D eigenvalue weighted by molar-refractivity contribution is -0.116. The van der Waals surface area contributed by atoms with Gasteiger partial charge in [0, 0.05) is 31.2 Å². The first-order chi connectivity index (χ1) is 9.02. The molecule has 0 radical (unpaired) electrons. The molecule has 0 bridgehead atoms. The van der Waals surface area contributed by atoms with Crippen molar-refractivity contribution in [1.82, 2.24) is 4.90 Å². The number of carbonyl (C=O) groups is 1. The van der Waals surface area contributed by atoms with Gasteiger partial charge in [-0.2, -0.15) is 0 Å². The molecule has 0 aromatic heterocycles. The van der Waals surface area contributed by atoms with E-state index in [1.807, 2.05) is 18.7 Å². The van der Waals surface area contributed by atoms with E-state index in [1.165, 1.54) is 12.1 Å². The van der Waals surface area contributed by atoms with E-state index in [0.717, 1.165) is 0 Å². The summed E-state index contributed by atoms with van der Waals surface area (Å²) < 4.78 is 13.0. The van der Waals surface area contributed by atoms with Crippen molar-refractivity contribution < 1.29 is 14.3 Å². The van der Waals surface area contributed by atoms with Gasteiger partial charge in [0.15, 0.2) is 0 Å². The highest BCUT2D eigenvalue weighted by atomic mass is 19.1. The lowest BCUT2D eigenvalue weighted by Gasteiger charge is -2.25. The van der Waals surface area contributed by atoms with Gasteiger partial charge in [0.1, 0.15) is 5.82 Å². The number of aliphatic hydroxyl groups is 1. The van der Waals surface area contributed by atoms with Gasteiger partial charge in [-0.05, 0) is 32.0 Å². The summed E-state index contributed by atoms with van der Waals surface area (Å²) in [6.45, 7) is 5.22. The standard InChI is InChI=1S/C14H21FN2O2/c1-11(2)17(8-9-18)7-6-14(19)16-13-5-3-4-12(15)10-13/h3-5,10-11,18H,6-9H2,1-2H3,(H,16,19). The number of aliphatic hydroxyl groups excluding tert-OH is 1. The molecule has 19 heavy (non-hydrogen) atoms. The number of hydrogen-bond acceptors (Lipinski definition) is 3. The zero-order valence-electron chi connectivity index (χ0n) is 11.4. The predicted molar refractivity (Wildman–Crippen MR) is 73.4 cm³/mol. The van der Waals surface area contributed by atoms with Gasteiger partial charge in [-0.25, -0.2) is 4.39 Å². The van der Waals surface area contributed by atoms with Crippen molar-refractivity contribution in [3.63, 3.8) is 0 Å². The number of nitrogens with one attached hydrogen (secondary N) is 1. The molecule has 4 nitrogen and oxygen atoms in total. The van der Waals surface area contributed by atoms with Crippen LogP contribution in [-0.2, 0) is 4.79 Å². The van der Waals surface area contributed by atoms with Crippen molar-refractivity contribution in [2.24, 2.45) is 0 Å². The fourth-order valence-corrected chi connectivity index (χ4v) is 1.79. The molecule has 0 atom stereocenters. The highest BCUT2D eigenvalue weighted by Gasteiger charge is 2.11. The molecule has 0 aliphatic rings. The van der Waals surface area contributed by atoms with E-state index >= 15 is 0 Å². The molecule has 0 saturated carbocycles. The summed E-state index contributed by atoms with van der Waals surface area (Å²) in [4.78, 5) is 13.8. The average Bonchev–Trinajstić information content (AvgIpc) is 2.34. The zero-order valence-corrected chi connectivity index (χ0v) is 11.4. The SMILES string of the molecule is CC(C)N(CCO)CCC(=O)Nc1cccc(F)c1. The molecule has 1 rings (SSSR count). The molecule has 1 amide bonds. The van der Waals surface area contributed by atoms with E-state index in [2.05, 4.69) is 5.32 Å². The molecule has 2 N–H and O–H groups in total. The monoisotopic (exact) mass is 268 g/mol. The molecule has 0 unspecified atom stereocenters. The van der Waals surface area contributed by atoms with Crippen molar-refractivity contribution in [1.29, 1.82) is 0 Å². The molecule has 1 aromatic carbocycles. The van der Waals surface area contributed by atoms with Gasteiger partial charge < -0.3 is 10.4 Å². The molecular formula is C14H21FN2O2. The minimum atomic E-state index is -0.373. The van der Waals surface area contributed by atoms with Gasteiger partial charge in [0.2, 0.25) is 5.91 Å². The minimum absolute atomic E-state index is 0.0731. The van der Waals surface area contributed by atoms with Crippen LogP contribution < -0.4 is 5.32 Å². The molecule has 0 aliphatic carbocycles. The van der Waals surface area contributed by atoms with Crippen LogP contribution in [0.5, 0.6) is 0 Å². The Hall–Kier alpha value is -1.46. The Morgan fingerprint density at radius 2 is 2.16 bits per heavy atom. The van der Waals surface area contributed by atoms with Crippen LogP contribution >= 0.6 is 0 Å². The summed E-state index contributed by atoms with van der Waals surface area (Å²) in [6, 6.07) is 6.09. The van der Waals surface area contributed by atoms with E-state index in [1.54, 1.807) is 12.1 Å².